The van der Waals surface area contributed by atoms with E-state index in [9.17, 15) is 10.1 Å². The minimum Gasteiger partial charge on any atom is -0.378 e. The fourth-order valence-electron chi connectivity index (χ4n) is 3.09. The molecule has 25 heavy (non-hydrogen) atoms. The van der Waals surface area contributed by atoms with E-state index in [-0.39, 0.29) is 11.5 Å². The van der Waals surface area contributed by atoms with E-state index in [0.717, 1.165) is 31.5 Å². The summed E-state index contributed by atoms with van der Waals surface area (Å²) in [5.74, 6) is 0.967. The van der Waals surface area contributed by atoms with Crippen LogP contribution in [0, 0.1) is 16.0 Å². The molecule has 1 aromatic carbocycles. The van der Waals surface area contributed by atoms with Crippen LogP contribution in [-0.4, -0.2) is 28.0 Å². The van der Waals surface area contributed by atoms with Gasteiger partial charge in [0.25, 0.3) is 0 Å². The molecule has 1 saturated heterocycles. The summed E-state index contributed by atoms with van der Waals surface area (Å²) < 4.78 is 0. The summed E-state index contributed by atoms with van der Waals surface area (Å²) in [5.41, 5.74) is 6.73. The van der Waals surface area contributed by atoms with Gasteiger partial charge in [-0.25, -0.2) is 0 Å². The molecule has 2 heterocycles. The summed E-state index contributed by atoms with van der Waals surface area (Å²) >= 11 is 0. The standard InChI is InChI=1S/C17H22N6O2/c1-12-6-5-9-22(11-12)16-14(23(24)25)15(18)20-17(21-16)19-10-13-7-3-2-4-8-13/h2-4,7-8,12H,5-6,9-11H2,1H3,(H3,18,19,20,21)/t12-/m0/s1. The summed E-state index contributed by atoms with van der Waals surface area (Å²) in [6.07, 6.45) is 2.10. The Balaban J connectivity index is 1.88. The van der Waals surface area contributed by atoms with Crippen LogP contribution in [0.5, 0.6) is 0 Å². The molecule has 1 atom stereocenters. The van der Waals surface area contributed by atoms with Crippen molar-refractivity contribution in [1.82, 2.24) is 9.97 Å². The zero-order valence-electron chi connectivity index (χ0n) is 14.2. The van der Waals surface area contributed by atoms with Crippen molar-refractivity contribution >= 4 is 23.3 Å². The van der Waals surface area contributed by atoms with Crippen LogP contribution >= 0.6 is 0 Å². The first-order valence-corrected chi connectivity index (χ1v) is 8.39. The van der Waals surface area contributed by atoms with Crippen LogP contribution < -0.4 is 16.0 Å². The van der Waals surface area contributed by atoms with Gasteiger partial charge in [0.05, 0.1) is 4.92 Å². The van der Waals surface area contributed by atoms with Crippen molar-refractivity contribution in [3.63, 3.8) is 0 Å². The van der Waals surface area contributed by atoms with E-state index in [1.807, 2.05) is 35.2 Å². The highest BCUT2D eigenvalue weighted by Gasteiger charge is 2.29. The Morgan fingerprint density at radius 2 is 2.12 bits per heavy atom. The first-order chi connectivity index (χ1) is 12.0. The van der Waals surface area contributed by atoms with Crippen LogP contribution in [-0.2, 0) is 6.54 Å². The van der Waals surface area contributed by atoms with Gasteiger partial charge in [0.2, 0.25) is 17.6 Å². The molecule has 0 amide bonds. The van der Waals surface area contributed by atoms with Gasteiger partial charge in [0.1, 0.15) is 0 Å². The Kier molecular flexibility index (Phi) is 4.97. The molecule has 0 unspecified atom stereocenters. The number of rotatable bonds is 5. The maximum absolute atomic E-state index is 11.5. The number of hydrogen-bond acceptors (Lipinski definition) is 7. The molecule has 0 aliphatic carbocycles. The van der Waals surface area contributed by atoms with Gasteiger partial charge in [-0.3, -0.25) is 10.1 Å². The Bertz CT molecular complexity index is 752. The number of nitrogens with zero attached hydrogens (tertiary/aromatic N) is 4. The summed E-state index contributed by atoms with van der Waals surface area (Å²) in [6.45, 7) is 4.13. The second kappa shape index (κ2) is 7.33. The Labute approximate surface area is 146 Å². The predicted molar refractivity (Wildman–Crippen MR) is 97.5 cm³/mol. The second-order valence-corrected chi connectivity index (χ2v) is 6.39. The number of nitrogen functional groups attached to an aromatic ring is 1. The van der Waals surface area contributed by atoms with Crippen molar-refractivity contribution in [2.75, 3.05) is 29.0 Å². The highest BCUT2D eigenvalue weighted by molar-refractivity contribution is 5.71. The third kappa shape index (κ3) is 3.96. The molecule has 1 aliphatic heterocycles. The van der Waals surface area contributed by atoms with E-state index >= 15 is 0 Å². The molecule has 3 rings (SSSR count). The average Bonchev–Trinajstić information content (AvgIpc) is 2.60. The first kappa shape index (κ1) is 16.9. The van der Waals surface area contributed by atoms with Crippen molar-refractivity contribution in [2.45, 2.75) is 26.3 Å². The summed E-state index contributed by atoms with van der Waals surface area (Å²) in [6, 6.07) is 9.80. The fourth-order valence-corrected chi connectivity index (χ4v) is 3.09. The van der Waals surface area contributed by atoms with E-state index in [0.29, 0.717) is 24.2 Å². The number of anilines is 3. The predicted octanol–water partition coefficient (Wildman–Crippen LogP) is 2.82. The minimum absolute atomic E-state index is 0.108. The Hall–Kier alpha value is -2.90. The van der Waals surface area contributed by atoms with Crippen LogP contribution in [0.3, 0.4) is 0 Å². The van der Waals surface area contributed by atoms with Crippen LogP contribution in [0.2, 0.25) is 0 Å². The van der Waals surface area contributed by atoms with E-state index in [1.165, 1.54) is 0 Å². The van der Waals surface area contributed by atoms with Gasteiger partial charge in [-0.05, 0) is 24.3 Å². The summed E-state index contributed by atoms with van der Waals surface area (Å²) in [7, 11) is 0. The fraction of sp³-hybridized carbons (Fsp3) is 0.412. The van der Waals surface area contributed by atoms with Crippen LogP contribution in [0.1, 0.15) is 25.3 Å². The molecule has 132 valence electrons. The molecular formula is C17H22N6O2. The molecule has 1 aliphatic rings. The van der Waals surface area contributed by atoms with Gasteiger partial charge in [0.15, 0.2) is 0 Å². The number of hydrogen-bond donors (Lipinski definition) is 2. The van der Waals surface area contributed by atoms with Gasteiger partial charge in [-0.1, -0.05) is 37.3 Å². The number of nitrogens with two attached hydrogens (primary N) is 1. The molecule has 0 bridgehead atoms. The topological polar surface area (TPSA) is 110 Å². The first-order valence-electron chi connectivity index (χ1n) is 8.39. The lowest BCUT2D eigenvalue weighted by Gasteiger charge is -2.31. The van der Waals surface area contributed by atoms with E-state index < -0.39 is 4.92 Å². The highest BCUT2D eigenvalue weighted by atomic mass is 16.6. The average molecular weight is 342 g/mol. The summed E-state index contributed by atoms with van der Waals surface area (Å²) in [5, 5.41) is 14.6. The number of nitro groups is 1. The van der Waals surface area contributed by atoms with Crippen LogP contribution in [0.25, 0.3) is 0 Å². The molecule has 0 radical (unpaired) electrons. The third-order valence-electron chi connectivity index (χ3n) is 4.33. The molecule has 3 N–H and O–H groups in total. The zero-order valence-corrected chi connectivity index (χ0v) is 14.2. The number of aromatic nitrogens is 2. The van der Waals surface area contributed by atoms with Crippen LogP contribution in [0.4, 0.5) is 23.3 Å². The smallest absolute Gasteiger partial charge is 0.353 e. The number of nitrogens with one attached hydrogen (secondary N) is 1. The SMILES string of the molecule is C[C@H]1CCCN(c2nc(NCc3ccccc3)nc(N)c2[N+](=O)[O-])C1. The van der Waals surface area contributed by atoms with Gasteiger partial charge in [-0.15, -0.1) is 0 Å². The van der Waals surface area contributed by atoms with Crippen LogP contribution in [0.15, 0.2) is 30.3 Å². The quantitative estimate of drug-likeness (QED) is 0.635. The lowest BCUT2D eigenvalue weighted by molar-refractivity contribution is -0.383. The maximum Gasteiger partial charge on any atom is 0.353 e. The second-order valence-electron chi connectivity index (χ2n) is 6.39. The Morgan fingerprint density at radius 3 is 2.80 bits per heavy atom. The molecule has 2 aromatic rings. The molecule has 1 fully saturated rings. The monoisotopic (exact) mass is 342 g/mol. The van der Waals surface area contributed by atoms with Gasteiger partial charge >= 0.3 is 5.69 Å². The number of piperidine rings is 1. The van der Waals surface area contributed by atoms with Gasteiger partial charge in [0, 0.05) is 19.6 Å². The normalized spacial score (nSPS) is 17.3. The molecule has 0 spiro atoms. The van der Waals surface area contributed by atoms with Crippen molar-refractivity contribution in [3.05, 3.63) is 46.0 Å². The highest BCUT2D eigenvalue weighted by Crippen LogP contribution is 2.34. The third-order valence-corrected chi connectivity index (χ3v) is 4.33. The molecular weight excluding hydrogens is 320 g/mol. The molecule has 0 saturated carbocycles. The van der Waals surface area contributed by atoms with Crippen molar-refractivity contribution in [1.29, 1.82) is 0 Å². The van der Waals surface area contributed by atoms with E-state index in [2.05, 4.69) is 22.2 Å². The molecule has 8 nitrogen and oxygen atoms in total. The van der Waals surface area contributed by atoms with Crippen molar-refractivity contribution < 1.29 is 4.92 Å². The molecule has 8 heteroatoms. The van der Waals surface area contributed by atoms with Gasteiger partial charge < -0.3 is 16.0 Å². The minimum atomic E-state index is -0.495. The lowest BCUT2D eigenvalue weighted by Crippen LogP contribution is -2.35. The van der Waals surface area contributed by atoms with Crippen molar-refractivity contribution in [3.8, 4) is 0 Å². The zero-order chi connectivity index (χ0) is 17.8. The van der Waals surface area contributed by atoms with E-state index in [1.54, 1.807) is 0 Å². The maximum atomic E-state index is 11.5. The van der Waals surface area contributed by atoms with Crippen molar-refractivity contribution in [2.24, 2.45) is 5.92 Å². The van der Waals surface area contributed by atoms with E-state index in [4.69, 9.17) is 5.73 Å². The molecule has 1 aromatic heterocycles. The van der Waals surface area contributed by atoms with Gasteiger partial charge in [-0.2, -0.15) is 9.97 Å². The lowest BCUT2D eigenvalue weighted by atomic mass is 10.0. The Morgan fingerprint density at radius 1 is 1.36 bits per heavy atom. The summed E-state index contributed by atoms with van der Waals surface area (Å²) in [4.78, 5) is 21.4. The number of benzene rings is 1. The largest absolute Gasteiger partial charge is 0.378 e.